The molecule has 1 aliphatic heterocycles. The van der Waals surface area contributed by atoms with Crippen LogP contribution in [-0.2, 0) is 4.74 Å². The lowest BCUT2D eigenvalue weighted by Gasteiger charge is -2.39. The van der Waals surface area contributed by atoms with Crippen LogP contribution >= 0.6 is 0 Å². The van der Waals surface area contributed by atoms with E-state index in [-0.39, 0.29) is 12.5 Å². The van der Waals surface area contributed by atoms with Gasteiger partial charge in [0.1, 0.15) is 12.3 Å². The predicted molar refractivity (Wildman–Crippen MR) is 41.1 cm³/mol. The normalized spacial score (nSPS) is 49.2. The molecule has 0 aliphatic carbocycles. The Hall–Kier alpha value is -0.200. The minimum absolute atomic E-state index is 0.196. The van der Waals surface area contributed by atoms with Crippen LogP contribution in [-0.4, -0.2) is 46.5 Å². The first kappa shape index (κ1) is 9.88. The summed E-state index contributed by atoms with van der Waals surface area (Å²) in [6.45, 7) is 1.50. The van der Waals surface area contributed by atoms with E-state index in [4.69, 9.17) is 15.6 Å². The monoisotopic (exact) mass is 177 g/mol. The highest BCUT2D eigenvalue weighted by molar-refractivity contribution is 4.87. The van der Waals surface area contributed by atoms with Crippen LogP contribution in [0.4, 0.5) is 0 Å². The third-order valence-corrected chi connectivity index (χ3v) is 2.32. The SMILES string of the molecule is CC1C(CO)O[C@@H](N)C(O)[C@@H]1O. The van der Waals surface area contributed by atoms with E-state index in [2.05, 4.69) is 0 Å². The molecular formula is C7H15NO4. The summed E-state index contributed by atoms with van der Waals surface area (Å²) in [5.74, 6) is -0.301. The largest absolute Gasteiger partial charge is 0.394 e. The van der Waals surface area contributed by atoms with E-state index in [1.165, 1.54) is 0 Å². The predicted octanol–water partition coefficient (Wildman–Crippen LogP) is -1.98. The lowest BCUT2D eigenvalue weighted by molar-refractivity contribution is -0.202. The van der Waals surface area contributed by atoms with Crippen molar-refractivity contribution in [3.63, 3.8) is 0 Å². The molecular weight excluding hydrogens is 162 g/mol. The molecule has 5 heteroatoms. The topological polar surface area (TPSA) is 95.9 Å². The van der Waals surface area contributed by atoms with Gasteiger partial charge >= 0.3 is 0 Å². The quantitative estimate of drug-likeness (QED) is 0.372. The molecule has 0 aromatic heterocycles. The number of aliphatic hydroxyl groups is 3. The van der Waals surface area contributed by atoms with Crippen LogP contribution in [0, 0.1) is 5.92 Å². The maximum atomic E-state index is 9.40. The third kappa shape index (κ3) is 1.60. The fourth-order valence-corrected chi connectivity index (χ4v) is 1.34. The van der Waals surface area contributed by atoms with Gasteiger partial charge in [-0.2, -0.15) is 0 Å². The molecule has 5 N–H and O–H groups in total. The van der Waals surface area contributed by atoms with Gasteiger partial charge in [0.15, 0.2) is 0 Å². The van der Waals surface area contributed by atoms with Crippen LogP contribution in [0.3, 0.4) is 0 Å². The van der Waals surface area contributed by atoms with Crippen molar-refractivity contribution in [2.45, 2.75) is 31.5 Å². The highest BCUT2D eigenvalue weighted by Gasteiger charge is 2.39. The summed E-state index contributed by atoms with van der Waals surface area (Å²) in [6.07, 6.45) is -3.39. The van der Waals surface area contributed by atoms with Gasteiger partial charge in [-0.1, -0.05) is 6.92 Å². The fraction of sp³-hybridized carbons (Fsp3) is 1.00. The van der Waals surface area contributed by atoms with Crippen LogP contribution in [0.1, 0.15) is 6.92 Å². The zero-order valence-corrected chi connectivity index (χ0v) is 6.92. The van der Waals surface area contributed by atoms with Crippen molar-refractivity contribution in [2.24, 2.45) is 11.7 Å². The Morgan fingerprint density at radius 3 is 2.42 bits per heavy atom. The summed E-state index contributed by atoms with van der Waals surface area (Å²) in [5, 5.41) is 27.5. The lowest BCUT2D eigenvalue weighted by Crippen LogP contribution is -2.57. The first-order chi connectivity index (χ1) is 5.57. The van der Waals surface area contributed by atoms with E-state index in [1.807, 2.05) is 0 Å². The molecule has 1 aliphatic rings. The molecule has 0 radical (unpaired) electrons. The van der Waals surface area contributed by atoms with E-state index in [9.17, 15) is 10.2 Å². The zero-order chi connectivity index (χ0) is 9.30. The molecule has 0 spiro atoms. The molecule has 0 aromatic carbocycles. The van der Waals surface area contributed by atoms with E-state index in [0.29, 0.717) is 0 Å². The molecule has 0 bridgehead atoms. The Balaban J connectivity index is 2.63. The van der Waals surface area contributed by atoms with Crippen LogP contribution in [0.15, 0.2) is 0 Å². The summed E-state index contributed by atoms with van der Waals surface area (Å²) in [7, 11) is 0. The van der Waals surface area contributed by atoms with Crippen molar-refractivity contribution in [3.05, 3.63) is 0 Å². The summed E-state index contributed by atoms with van der Waals surface area (Å²) < 4.78 is 5.05. The van der Waals surface area contributed by atoms with Gasteiger partial charge in [-0.15, -0.1) is 0 Å². The molecule has 3 unspecified atom stereocenters. The second-order valence-electron chi connectivity index (χ2n) is 3.16. The van der Waals surface area contributed by atoms with Gasteiger partial charge in [-0.05, 0) is 0 Å². The van der Waals surface area contributed by atoms with Gasteiger partial charge in [0.2, 0.25) is 0 Å². The average Bonchev–Trinajstić information content (AvgIpc) is 2.08. The smallest absolute Gasteiger partial charge is 0.134 e. The van der Waals surface area contributed by atoms with Crippen molar-refractivity contribution in [2.75, 3.05) is 6.61 Å². The number of nitrogens with two attached hydrogens (primary N) is 1. The summed E-state index contributed by atoms with van der Waals surface area (Å²) >= 11 is 0. The molecule has 72 valence electrons. The Kier molecular flexibility index (Phi) is 3.03. The molecule has 1 rings (SSSR count). The van der Waals surface area contributed by atoms with E-state index >= 15 is 0 Å². The summed E-state index contributed by atoms with van der Waals surface area (Å²) in [4.78, 5) is 0. The minimum Gasteiger partial charge on any atom is -0.394 e. The minimum atomic E-state index is -1.07. The zero-order valence-electron chi connectivity index (χ0n) is 6.92. The number of aliphatic hydroxyl groups excluding tert-OH is 3. The van der Waals surface area contributed by atoms with Gasteiger partial charge in [0, 0.05) is 5.92 Å². The molecule has 1 saturated heterocycles. The van der Waals surface area contributed by atoms with Crippen LogP contribution in [0.2, 0.25) is 0 Å². The average molecular weight is 177 g/mol. The molecule has 1 fully saturated rings. The number of hydrogen-bond acceptors (Lipinski definition) is 5. The van der Waals surface area contributed by atoms with Crippen molar-refractivity contribution >= 4 is 0 Å². The molecule has 5 atom stereocenters. The second-order valence-corrected chi connectivity index (χ2v) is 3.16. The van der Waals surface area contributed by atoms with Gasteiger partial charge in [-0.3, -0.25) is 0 Å². The van der Waals surface area contributed by atoms with Crippen LogP contribution in [0.25, 0.3) is 0 Å². The van der Waals surface area contributed by atoms with Crippen molar-refractivity contribution in [1.82, 2.24) is 0 Å². The van der Waals surface area contributed by atoms with E-state index < -0.39 is 24.5 Å². The van der Waals surface area contributed by atoms with Gasteiger partial charge in [-0.25, -0.2) is 0 Å². The molecule has 12 heavy (non-hydrogen) atoms. The van der Waals surface area contributed by atoms with Crippen LogP contribution in [0.5, 0.6) is 0 Å². The first-order valence-corrected chi connectivity index (χ1v) is 3.96. The number of ether oxygens (including phenoxy) is 1. The molecule has 1 heterocycles. The molecule has 0 saturated carbocycles. The summed E-state index contributed by atoms with van der Waals surface area (Å²) in [5.41, 5.74) is 5.35. The first-order valence-electron chi connectivity index (χ1n) is 3.96. The highest BCUT2D eigenvalue weighted by atomic mass is 16.5. The Morgan fingerprint density at radius 1 is 1.33 bits per heavy atom. The standard InChI is InChI=1S/C7H15NO4/c1-3-4(2-9)12-7(8)6(11)5(3)10/h3-7,9-11H,2,8H2,1H3/t3?,4?,5-,6?,7-/m1/s1. The van der Waals surface area contributed by atoms with E-state index in [1.54, 1.807) is 6.92 Å². The maximum absolute atomic E-state index is 9.40. The lowest BCUT2D eigenvalue weighted by atomic mass is 9.91. The molecule has 5 nitrogen and oxygen atoms in total. The fourth-order valence-electron chi connectivity index (χ4n) is 1.34. The number of rotatable bonds is 1. The van der Waals surface area contributed by atoms with Gasteiger partial charge < -0.3 is 25.8 Å². The van der Waals surface area contributed by atoms with Gasteiger partial charge in [0.05, 0.1) is 18.8 Å². The van der Waals surface area contributed by atoms with Crippen molar-refractivity contribution in [1.29, 1.82) is 0 Å². The molecule has 0 aromatic rings. The third-order valence-electron chi connectivity index (χ3n) is 2.32. The Bertz CT molecular complexity index is 150. The van der Waals surface area contributed by atoms with Gasteiger partial charge in [0.25, 0.3) is 0 Å². The maximum Gasteiger partial charge on any atom is 0.134 e. The van der Waals surface area contributed by atoms with Crippen molar-refractivity contribution in [3.8, 4) is 0 Å². The molecule has 0 amide bonds. The second kappa shape index (κ2) is 3.68. The summed E-state index contributed by atoms with van der Waals surface area (Å²) in [6, 6.07) is 0. The Labute approximate surface area is 70.8 Å². The van der Waals surface area contributed by atoms with E-state index in [0.717, 1.165) is 0 Å². The Morgan fingerprint density at radius 2 is 1.92 bits per heavy atom. The van der Waals surface area contributed by atoms with Crippen molar-refractivity contribution < 1.29 is 20.1 Å². The number of hydrogen-bond donors (Lipinski definition) is 4. The van der Waals surface area contributed by atoms with Crippen LogP contribution < -0.4 is 5.73 Å². The highest BCUT2D eigenvalue weighted by Crippen LogP contribution is 2.23.